The number of hydrogen-bond donors (Lipinski definition) is 3. The Labute approximate surface area is 144 Å². The van der Waals surface area contributed by atoms with Crippen LogP contribution in [-0.2, 0) is 9.53 Å². The van der Waals surface area contributed by atoms with Gasteiger partial charge in [-0.05, 0) is 51.5 Å². The molecule has 0 aliphatic heterocycles. The summed E-state index contributed by atoms with van der Waals surface area (Å²) >= 11 is 0. The summed E-state index contributed by atoms with van der Waals surface area (Å²) in [6, 6.07) is 0.311. The first-order chi connectivity index (χ1) is 11.5. The fourth-order valence-electron chi connectivity index (χ4n) is 3.58. The SMILES string of the molecule is CCOC1CC(CCNC(=O)NC2CC(N(CC)CC(=O)O)C2)C1. The molecule has 2 aliphatic carbocycles. The quantitative estimate of drug-likeness (QED) is 0.559. The Balaban J connectivity index is 1.51. The van der Waals surface area contributed by atoms with E-state index < -0.39 is 5.97 Å². The zero-order valence-corrected chi connectivity index (χ0v) is 14.8. The Bertz CT molecular complexity index is 420. The summed E-state index contributed by atoms with van der Waals surface area (Å²) in [5.74, 6) is -0.127. The van der Waals surface area contributed by atoms with Crippen molar-refractivity contribution in [3.8, 4) is 0 Å². The normalized spacial score (nSPS) is 28.8. The second-order valence-electron chi connectivity index (χ2n) is 6.88. The highest BCUT2D eigenvalue weighted by Crippen LogP contribution is 2.32. The van der Waals surface area contributed by atoms with Crippen molar-refractivity contribution in [1.29, 1.82) is 0 Å². The molecule has 0 bridgehead atoms. The molecule has 0 saturated heterocycles. The van der Waals surface area contributed by atoms with Crippen LogP contribution in [0.25, 0.3) is 0 Å². The van der Waals surface area contributed by atoms with E-state index in [-0.39, 0.29) is 24.7 Å². The average Bonchev–Trinajstić information content (AvgIpc) is 2.45. The van der Waals surface area contributed by atoms with Crippen LogP contribution < -0.4 is 10.6 Å². The van der Waals surface area contributed by atoms with Crippen LogP contribution in [0.4, 0.5) is 4.79 Å². The Hall–Kier alpha value is -1.34. The van der Waals surface area contributed by atoms with Crippen LogP contribution in [0.15, 0.2) is 0 Å². The number of carbonyl (C=O) groups excluding carboxylic acids is 1. The summed E-state index contributed by atoms with van der Waals surface area (Å²) < 4.78 is 5.53. The summed E-state index contributed by atoms with van der Waals surface area (Å²) in [7, 11) is 0. The highest BCUT2D eigenvalue weighted by molar-refractivity contribution is 5.74. The van der Waals surface area contributed by atoms with Gasteiger partial charge in [0.2, 0.25) is 0 Å². The first kappa shape index (κ1) is 19.0. The van der Waals surface area contributed by atoms with Crippen LogP contribution in [0, 0.1) is 5.92 Å². The van der Waals surface area contributed by atoms with E-state index in [9.17, 15) is 9.59 Å². The molecular formula is C17H31N3O4. The molecule has 3 N–H and O–H groups in total. The van der Waals surface area contributed by atoms with E-state index in [1.54, 1.807) is 0 Å². The number of carboxylic acids is 1. The second kappa shape index (κ2) is 9.22. The minimum Gasteiger partial charge on any atom is -0.480 e. The minimum atomic E-state index is -0.798. The van der Waals surface area contributed by atoms with Crippen molar-refractivity contribution in [2.75, 3.05) is 26.2 Å². The van der Waals surface area contributed by atoms with Crippen LogP contribution >= 0.6 is 0 Å². The summed E-state index contributed by atoms with van der Waals surface area (Å²) in [4.78, 5) is 24.6. The third-order valence-electron chi connectivity index (χ3n) is 5.14. The van der Waals surface area contributed by atoms with Gasteiger partial charge in [0.05, 0.1) is 12.6 Å². The van der Waals surface area contributed by atoms with E-state index in [1.807, 2.05) is 18.7 Å². The van der Waals surface area contributed by atoms with Gasteiger partial charge in [0.15, 0.2) is 0 Å². The molecule has 0 aromatic carbocycles. The number of amides is 2. The molecule has 0 heterocycles. The van der Waals surface area contributed by atoms with E-state index in [0.29, 0.717) is 18.6 Å². The van der Waals surface area contributed by atoms with Crippen LogP contribution in [0.3, 0.4) is 0 Å². The van der Waals surface area contributed by atoms with Crippen molar-refractivity contribution < 1.29 is 19.4 Å². The number of nitrogens with one attached hydrogen (secondary N) is 2. The van der Waals surface area contributed by atoms with Crippen molar-refractivity contribution in [2.24, 2.45) is 5.92 Å². The summed E-state index contributed by atoms with van der Waals surface area (Å²) in [5.41, 5.74) is 0. The lowest BCUT2D eigenvalue weighted by Crippen LogP contribution is -2.56. The number of nitrogens with zero attached hydrogens (tertiary/aromatic N) is 1. The van der Waals surface area contributed by atoms with Gasteiger partial charge in [-0.25, -0.2) is 4.79 Å². The number of rotatable bonds is 10. The molecule has 0 aromatic heterocycles. The van der Waals surface area contributed by atoms with E-state index in [0.717, 1.165) is 45.3 Å². The fourth-order valence-corrected chi connectivity index (χ4v) is 3.58. The highest BCUT2D eigenvalue weighted by atomic mass is 16.5. The van der Waals surface area contributed by atoms with Crippen molar-refractivity contribution in [2.45, 2.75) is 64.1 Å². The minimum absolute atomic E-state index is 0.0736. The molecule has 24 heavy (non-hydrogen) atoms. The molecular weight excluding hydrogens is 310 g/mol. The second-order valence-corrected chi connectivity index (χ2v) is 6.88. The van der Waals surface area contributed by atoms with E-state index >= 15 is 0 Å². The number of likely N-dealkylation sites (N-methyl/N-ethyl adjacent to an activating group) is 1. The molecule has 0 radical (unpaired) electrons. The van der Waals surface area contributed by atoms with Gasteiger partial charge in [-0.2, -0.15) is 0 Å². The van der Waals surface area contributed by atoms with E-state index in [4.69, 9.17) is 9.84 Å². The van der Waals surface area contributed by atoms with E-state index in [2.05, 4.69) is 10.6 Å². The third-order valence-corrected chi connectivity index (χ3v) is 5.14. The zero-order valence-electron chi connectivity index (χ0n) is 14.8. The lowest BCUT2D eigenvalue weighted by molar-refractivity contribution is -0.139. The van der Waals surface area contributed by atoms with Crippen molar-refractivity contribution in [1.82, 2.24) is 15.5 Å². The molecule has 2 amide bonds. The van der Waals surface area contributed by atoms with Crippen LogP contribution in [0.2, 0.25) is 0 Å². The summed E-state index contributed by atoms with van der Waals surface area (Å²) in [6.45, 7) is 6.26. The van der Waals surface area contributed by atoms with Crippen molar-refractivity contribution in [3.63, 3.8) is 0 Å². The van der Waals surface area contributed by atoms with E-state index in [1.165, 1.54) is 0 Å². The van der Waals surface area contributed by atoms with Crippen LogP contribution in [0.1, 0.15) is 46.0 Å². The molecule has 0 spiro atoms. The third kappa shape index (κ3) is 5.63. The molecule has 0 aromatic rings. The maximum absolute atomic E-state index is 11.9. The number of carboxylic acid groups (broad SMARTS) is 1. The van der Waals surface area contributed by atoms with Crippen LogP contribution in [0.5, 0.6) is 0 Å². The molecule has 2 fully saturated rings. The Morgan fingerprint density at radius 3 is 2.50 bits per heavy atom. The number of aliphatic carboxylic acids is 1. The Morgan fingerprint density at radius 2 is 1.92 bits per heavy atom. The molecule has 7 heteroatoms. The molecule has 2 aliphatic rings. The largest absolute Gasteiger partial charge is 0.480 e. The predicted octanol–water partition coefficient (Wildman–Crippen LogP) is 1.43. The monoisotopic (exact) mass is 341 g/mol. The van der Waals surface area contributed by atoms with Gasteiger partial charge < -0.3 is 20.5 Å². The number of urea groups is 1. The standard InChI is InChI=1S/C17H31N3O4/c1-3-20(11-16(21)22)14-9-13(10-14)19-17(23)18-6-5-12-7-15(8-12)24-4-2/h12-15H,3-11H2,1-2H3,(H,21,22)(H2,18,19,23). The number of hydrogen-bond acceptors (Lipinski definition) is 4. The van der Waals surface area contributed by atoms with Gasteiger partial charge in [0.25, 0.3) is 0 Å². The maximum atomic E-state index is 11.9. The van der Waals surface area contributed by atoms with Crippen molar-refractivity contribution in [3.05, 3.63) is 0 Å². The van der Waals surface area contributed by atoms with Crippen LogP contribution in [-0.4, -0.2) is 66.4 Å². The summed E-state index contributed by atoms with van der Waals surface area (Å²) in [6.07, 6.45) is 5.30. The molecule has 7 nitrogen and oxygen atoms in total. The first-order valence-corrected chi connectivity index (χ1v) is 9.13. The lowest BCUT2D eigenvalue weighted by atomic mass is 9.80. The maximum Gasteiger partial charge on any atom is 0.317 e. The Kier molecular flexibility index (Phi) is 7.30. The lowest BCUT2D eigenvalue weighted by Gasteiger charge is -2.42. The molecule has 0 atom stereocenters. The topological polar surface area (TPSA) is 90.9 Å². The smallest absolute Gasteiger partial charge is 0.317 e. The average molecular weight is 341 g/mol. The van der Waals surface area contributed by atoms with Gasteiger partial charge in [-0.3, -0.25) is 9.69 Å². The highest BCUT2D eigenvalue weighted by Gasteiger charge is 2.34. The zero-order chi connectivity index (χ0) is 17.5. The van der Waals surface area contributed by atoms with Gasteiger partial charge in [-0.15, -0.1) is 0 Å². The predicted molar refractivity (Wildman–Crippen MR) is 91.0 cm³/mol. The molecule has 138 valence electrons. The van der Waals surface area contributed by atoms with Crippen molar-refractivity contribution >= 4 is 12.0 Å². The summed E-state index contributed by atoms with van der Waals surface area (Å²) in [5, 5.41) is 14.8. The Morgan fingerprint density at radius 1 is 1.21 bits per heavy atom. The van der Waals surface area contributed by atoms with Gasteiger partial charge in [0, 0.05) is 25.2 Å². The van der Waals surface area contributed by atoms with Gasteiger partial charge in [0.1, 0.15) is 0 Å². The fraction of sp³-hybridized carbons (Fsp3) is 0.882. The molecule has 0 unspecified atom stereocenters. The number of ether oxygens (including phenoxy) is 1. The number of carbonyl (C=O) groups is 2. The van der Waals surface area contributed by atoms with Gasteiger partial charge in [-0.1, -0.05) is 6.92 Å². The molecule has 2 saturated carbocycles. The molecule has 2 rings (SSSR count). The first-order valence-electron chi connectivity index (χ1n) is 9.13. The van der Waals surface area contributed by atoms with Gasteiger partial charge >= 0.3 is 12.0 Å².